The summed E-state index contributed by atoms with van der Waals surface area (Å²) in [5.74, 6) is 0.389. The Balaban J connectivity index is 1.58. The van der Waals surface area contributed by atoms with Crippen molar-refractivity contribution in [2.24, 2.45) is 0 Å². The molecule has 1 amide bonds. The molecule has 5 nitrogen and oxygen atoms in total. The van der Waals surface area contributed by atoms with E-state index in [1.165, 1.54) is 23.9 Å². The molecule has 4 aromatic rings. The molecule has 0 fully saturated rings. The first-order valence-electron chi connectivity index (χ1n) is 8.43. The summed E-state index contributed by atoms with van der Waals surface area (Å²) in [5.41, 5.74) is 1.48. The van der Waals surface area contributed by atoms with E-state index in [2.05, 4.69) is 15.5 Å². The van der Waals surface area contributed by atoms with Crippen LogP contribution in [0.4, 0.5) is 10.1 Å². The minimum Gasteiger partial charge on any atom is -0.325 e. The highest BCUT2D eigenvalue weighted by atomic mass is 32.2. The molecule has 0 saturated carbocycles. The number of hydrogen-bond donors (Lipinski definition) is 1. The zero-order valence-electron chi connectivity index (χ0n) is 14.6. The Hall–Kier alpha value is -2.97. The van der Waals surface area contributed by atoms with Crippen molar-refractivity contribution in [3.05, 3.63) is 77.9 Å². The summed E-state index contributed by atoms with van der Waals surface area (Å²) in [6.07, 6.45) is 0. The monoisotopic (exact) mass is 410 g/mol. The van der Waals surface area contributed by atoms with Gasteiger partial charge in [0, 0.05) is 11.4 Å². The first kappa shape index (κ1) is 18.4. The Morgan fingerprint density at radius 2 is 1.82 bits per heavy atom. The van der Waals surface area contributed by atoms with E-state index in [1.54, 1.807) is 23.5 Å². The van der Waals surface area contributed by atoms with E-state index in [4.69, 9.17) is 0 Å². The molecule has 0 aliphatic rings. The van der Waals surface area contributed by atoms with E-state index in [1.807, 2.05) is 52.4 Å². The summed E-state index contributed by atoms with van der Waals surface area (Å²) in [6.45, 7) is 0. The van der Waals surface area contributed by atoms with Crippen LogP contribution in [-0.2, 0) is 4.79 Å². The van der Waals surface area contributed by atoms with E-state index >= 15 is 0 Å². The van der Waals surface area contributed by atoms with E-state index in [9.17, 15) is 9.18 Å². The zero-order valence-corrected chi connectivity index (χ0v) is 16.2. The van der Waals surface area contributed by atoms with Crippen LogP contribution in [0.5, 0.6) is 0 Å². The Labute approximate surface area is 169 Å². The fourth-order valence-corrected chi connectivity index (χ4v) is 4.05. The van der Waals surface area contributed by atoms with Crippen LogP contribution in [0.3, 0.4) is 0 Å². The van der Waals surface area contributed by atoms with Gasteiger partial charge in [0.25, 0.3) is 0 Å². The summed E-state index contributed by atoms with van der Waals surface area (Å²) in [7, 11) is 0. The molecule has 2 heterocycles. The lowest BCUT2D eigenvalue weighted by Gasteiger charge is -2.10. The molecule has 0 spiro atoms. The molecule has 0 atom stereocenters. The standard InChI is InChI=1S/C20H15FN4OS2/c21-14-8-10-16(11-9-14)25-19(17-7-4-12-27-17)23-24-20(25)28-13-18(26)22-15-5-2-1-3-6-15/h1-12H,13H2,(H,22,26). The van der Waals surface area contributed by atoms with E-state index in [0.717, 1.165) is 16.3 Å². The molecule has 2 aromatic carbocycles. The first-order valence-corrected chi connectivity index (χ1v) is 10.3. The van der Waals surface area contributed by atoms with Crippen LogP contribution in [0.25, 0.3) is 16.4 Å². The normalized spacial score (nSPS) is 10.8. The van der Waals surface area contributed by atoms with Gasteiger partial charge in [0.15, 0.2) is 11.0 Å². The predicted molar refractivity (Wildman–Crippen MR) is 110 cm³/mol. The number of carbonyl (C=O) groups is 1. The maximum absolute atomic E-state index is 13.4. The molecule has 0 radical (unpaired) electrons. The van der Waals surface area contributed by atoms with Crippen LogP contribution in [0.1, 0.15) is 0 Å². The van der Waals surface area contributed by atoms with Crippen LogP contribution >= 0.6 is 23.1 Å². The molecular formula is C20H15FN4OS2. The van der Waals surface area contributed by atoms with Crippen molar-refractivity contribution in [2.75, 3.05) is 11.1 Å². The number of hydrogen-bond acceptors (Lipinski definition) is 5. The Kier molecular flexibility index (Phi) is 5.50. The lowest BCUT2D eigenvalue weighted by molar-refractivity contribution is -0.113. The number of benzene rings is 2. The summed E-state index contributed by atoms with van der Waals surface area (Å²) >= 11 is 2.82. The fraction of sp³-hybridized carbons (Fsp3) is 0.0500. The number of aromatic nitrogens is 3. The smallest absolute Gasteiger partial charge is 0.234 e. The van der Waals surface area contributed by atoms with Gasteiger partial charge in [-0.1, -0.05) is 36.0 Å². The number of halogens is 1. The van der Waals surface area contributed by atoms with E-state index in [0.29, 0.717) is 11.0 Å². The van der Waals surface area contributed by atoms with Gasteiger partial charge in [-0.3, -0.25) is 9.36 Å². The Morgan fingerprint density at radius 3 is 2.54 bits per heavy atom. The number of nitrogens with one attached hydrogen (secondary N) is 1. The lowest BCUT2D eigenvalue weighted by atomic mass is 10.3. The molecule has 4 rings (SSSR count). The topological polar surface area (TPSA) is 59.8 Å². The number of nitrogens with zero attached hydrogens (tertiary/aromatic N) is 3. The fourth-order valence-electron chi connectivity index (χ4n) is 2.60. The second kappa shape index (κ2) is 8.37. The highest BCUT2D eigenvalue weighted by molar-refractivity contribution is 7.99. The summed E-state index contributed by atoms with van der Waals surface area (Å²) < 4.78 is 15.2. The second-order valence-corrected chi connectivity index (χ2v) is 7.69. The van der Waals surface area contributed by atoms with Crippen LogP contribution < -0.4 is 5.32 Å². The van der Waals surface area contributed by atoms with E-state index < -0.39 is 0 Å². The molecule has 1 N–H and O–H groups in total. The first-order chi connectivity index (χ1) is 13.7. The molecule has 0 unspecified atom stereocenters. The third-order valence-electron chi connectivity index (χ3n) is 3.85. The van der Waals surface area contributed by atoms with Crippen molar-refractivity contribution in [2.45, 2.75) is 5.16 Å². The second-order valence-electron chi connectivity index (χ2n) is 5.80. The van der Waals surface area contributed by atoms with Crippen molar-refractivity contribution in [3.63, 3.8) is 0 Å². The number of carbonyl (C=O) groups excluding carboxylic acids is 1. The van der Waals surface area contributed by atoms with Gasteiger partial charge in [0.2, 0.25) is 5.91 Å². The van der Waals surface area contributed by atoms with Crippen LogP contribution in [0, 0.1) is 5.82 Å². The van der Waals surface area contributed by atoms with Crippen LogP contribution in [-0.4, -0.2) is 26.4 Å². The molecule has 8 heteroatoms. The van der Waals surface area contributed by atoms with Gasteiger partial charge < -0.3 is 5.32 Å². The van der Waals surface area contributed by atoms with Crippen molar-refractivity contribution < 1.29 is 9.18 Å². The molecule has 0 saturated heterocycles. The molecular weight excluding hydrogens is 395 g/mol. The number of thioether (sulfide) groups is 1. The Morgan fingerprint density at radius 1 is 1.04 bits per heavy atom. The van der Waals surface area contributed by atoms with Gasteiger partial charge in [0.05, 0.1) is 10.6 Å². The van der Waals surface area contributed by atoms with Gasteiger partial charge in [-0.25, -0.2) is 4.39 Å². The van der Waals surface area contributed by atoms with Crippen molar-refractivity contribution in [3.8, 4) is 16.4 Å². The van der Waals surface area contributed by atoms with E-state index in [-0.39, 0.29) is 17.5 Å². The maximum atomic E-state index is 13.4. The average molecular weight is 410 g/mol. The largest absolute Gasteiger partial charge is 0.325 e. The lowest BCUT2D eigenvalue weighted by Crippen LogP contribution is -2.14. The summed E-state index contributed by atoms with van der Waals surface area (Å²) in [4.78, 5) is 13.2. The Bertz CT molecular complexity index is 1060. The summed E-state index contributed by atoms with van der Waals surface area (Å²) in [5, 5.41) is 13.9. The number of rotatable bonds is 6. The molecule has 0 aliphatic heterocycles. The minimum absolute atomic E-state index is 0.137. The molecule has 28 heavy (non-hydrogen) atoms. The SMILES string of the molecule is O=C(CSc1nnc(-c2cccs2)n1-c1ccc(F)cc1)Nc1ccccc1. The van der Waals surface area contributed by atoms with Crippen molar-refractivity contribution >= 4 is 34.7 Å². The van der Waals surface area contributed by atoms with Gasteiger partial charge in [-0.2, -0.15) is 0 Å². The van der Waals surface area contributed by atoms with Crippen LogP contribution in [0.15, 0.2) is 77.3 Å². The molecule has 0 aliphatic carbocycles. The highest BCUT2D eigenvalue weighted by Gasteiger charge is 2.18. The molecule has 2 aromatic heterocycles. The third-order valence-corrected chi connectivity index (χ3v) is 5.64. The molecule has 0 bridgehead atoms. The van der Waals surface area contributed by atoms with Crippen molar-refractivity contribution in [1.29, 1.82) is 0 Å². The number of anilines is 1. The highest BCUT2D eigenvalue weighted by Crippen LogP contribution is 2.30. The average Bonchev–Trinajstić information content (AvgIpc) is 3.37. The van der Waals surface area contributed by atoms with Crippen molar-refractivity contribution in [1.82, 2.24) is 14.8 Å². The number of para-hydroxylation sites is 1. The predicted octanol–water partition coefficient (Wildman–Crippen LogP) is 4.87. The zero-order chi connectivity index (χ0) is 19.3. The van der Waals surface area contributed by atoms with Gasteiger partial charge in [-0.05, 0) is 47.8 Å². The third kappa shape index (κ3) is 4.13. The number of amides is 1. The maximum Gasteiger partial charge on any atom is 0.234 e. The summed E-state index contributed by atoms with van der Waals surface area (Å²) in [6, 6.07) is 19.3. The van der Waals surface area contributed by atoms with Crippen LogP contribution in [0.2, 0.25) is 0 Å². The van der Waals surface area contributed by atoms with Gasteiger partial charge in [-0.15, -0.1) is 21.5 Å². The number of thiophene rings is 1. The minimum atomic E-state index is -0.314. The quantitative estimate of drug-likeness (QED) is 0.461. The van der Waals surface area contributed by atoms with Gasteiger partial charge >= 0.3 is 0 Å². The molecule has 140 valence electrons. The van der Waals surface area contributed by atoms with Gasteiger partial charge in [0.1, 0.15) is 5.82 Å².